The van der Waals surface area contributed by atoms with Gasteiger partial charge in [0.05, 0.1) is 0 Å². The second kappa shape index (κ2) is 6.58. The second-order valence-corrected chi connectivity index (χ2v) is 6.30. The predicted octanol–water partition coefficient (Wildman–Crippen LogP) is 5.91. The molecular formula is C22H15ClO2. The van der Waals surface area contributed by atoms with Crippen molar-refractivity contribution in [2.45, 2.75) is 0 Å². The van der Waals surface area contributed by atoms with Crippen molar-refractivity contribution >= 4 is 38.9 Å². The largest absolute Gasteiger partial charge is 0.485 e. The van der Waals surface area contributed by atoms with Crippen LogP contribution >= 0.6 is 11.6 Å². The summed E-state index contributed by atoms with van der Waals surface area (Å²) in [6, 6.07) is 25.0. The first-order valence-corrected chi connectivity index (χ1v) is 8.42. The third-order valence-electron chi connectivity index (χ3n) is 4.24. The quantitative estimate of drug-likeness (QED) is 0.339. The maximum Gasteiger partial charge on any atom is 0.200 e. The van der Waals surface area contributed by atoms with Gasteiger partial charge in [-0.3, -0.25) is 4.79 Å². The van der Waals surface area contributed by atoms with Gasteiger partial charge in [-0.25, -0.2) is 0 Å². The summed E-state index contributed by atoms with van der Waals surface area (Å²) in [5, 5.41) is 4.81. The molecular weight excluding hydrogens is 332 g/mol. The topological polar surface area (TPSA) is 26.3 Å². The standard InChI is InChI=1S/C22H15ClO2/c23-17-10-11-19-18-9-5-4-8-16(18)12-22(20(19)13-17)25-14-21(24)15-6-2-1-3-7-15/h1-13H,14H2. The molecule has 122 valence electrons. The summed E-state index contributed by atoms with van der Waals surface area (Å²) in [7, 11) is 0. The van der Waals surface area contributed by atoms with Crippen molar-refractivity contribution in [1.29, 1.82) is 0 Å². The third kappa shape index (κ3) is 3.09. The van der Waals surface area contributed by atoms with Gasteiger partial charge in [-0.15, -0.1) is 0 Å². The van der Waals surface area contributed by atoms with Crippen LogP contribution in [0.5, 0.6) is 5.75 Å². The highest BCUT2D eigenvalue weighted by atomic mass is 35.5. The normalized spacial score (nSPS) is 10.9. The Morgan fingerprint density at radius 1 is 0.800 bits per heavy atom. The van der Waals surface area contributed by atoms with E-state index in [0.717, 1.165) is 21.5 Å². The van der Waals surface area contributed by atoms with Crippen LogP contribution in [0.2, 0.25) is 5.02 Å². The molecule has 0 aromatic heterocycles. The second-order valence-electron chi connectivity index (χ2n) is 5.86. The van der Waals surface area contributed by atoms with Crippen LogP contribution < -0.4 is 4.74 Å². The molecule has 2 nitrogen and oxygen atoms in total. The van der Waals surface area contributed by atoms with Gasteiger partial charge in [-0.05, 0) is 34.4 Å². The minimum atomic E-state index is -0.0519. The first-order chi connectivity index (χ1) is 12.2. The first-order valence-electron chi connectivity index (χ1n) is 8.04. The molecule has 0 aliphatic carbocycles. The number of hydrogen-bond donors (Lipinski definition) is 0. The van der Waals surface area contributed by atoms with Gasteiger partial charge >= 0.3 is 0 Å². The van der Waals surface area contributed by atoms with Crippen LogP contribution in [0.15, 0.2) is 78.9 Å². The van der Waals surface area contributed by atoms with Crippen molar-refractivity contribution in [2.24, 2.45) is 0 Å². The first kappa shape index (κ1) is 15.7. The molecule has 0 N–H and O–H groups in total. The molecule has 25 heavy (non-hydrogen) atoms. The van der Waals surface area contributed by atoms with Gasteiger partial charge in [0.15, 0.2) is 12.4 Å². The van der Waals surface area contributed by atoms with Crippen molar-refractivity contribution in [1.82, 2.24) is 0 Å². The molecule has 3 heteroatoms. The summed E-state index contributed by atoms with van der Waals surface area (Å²) in [6.07, 6.45) is 0. The summed E-state index contributed by atoms with van der Waals surface area (Å²) in [5.74, 6) is 0.615. The molecule has 0 heterocycles. The molecule has 4 rings (SSSR count). The molecule has 0 aliphatic heterocycles. The number of hydrogen-bond acceptors (Lipinski definition) is 2. The van der Waals surface area contributed by atoms with E-state index in [4.69, 9.17) is 16.3 Å². The molecule has 0 saturated carbocycles. The third-order valence-corrected chi connectivity index (χ3v) is 4.47. The van der Waals surface area contributed by atoms with Crippen molar-refractivity contribution in [3.8, 4) is 5.75 Å². The lowest BCUT2D eigenvalue weighted by Gasteiger charge is -2.12. The molecule has 0 bridgehead atoms. The fourth-order valence-electron chi connectivity index (χ4n) is 3.01. The predicted molar refractivity (Wildman–Crippen MR) is 103 cm³/mol. The van der Waals surface area contributed by atoms with Crippen molar-refractivity contribution < 1.29 is 9.53 Å². The highest BCUT2D eigenvalue weighted by molar-refractivity contribution is 6.31. The van der Waals surface area contributed by atoms with E-state index in [1.54, 1.807) is 12.1 Å². The molecule has 0 unspecified atom stereocenters. The molecule has 0 radical (unpaired) electrons. The molecule has 0 amide bonds. The fourth-order valence-corrected chi connectivity index (χ4v) is 3.18. The minimum Gasteiger partial charge on any atom is -0.485 e. The van der Waals surface area contributed by atoms with E-state index in [9.17, 15) is 4.79 Å². The van der Waals surface area contributed by atoms with E-state index in [1.165, 1.54) is 0 Å². The Hall–Kier alpha value is -2.84. The maximum atomic E-state index is 12.3. The van der Waals surface area contributed by atoms with Crippen LogP contribution in [-0.2, 0) is 0 Å². The summed E-state index contributed by atoms with van der Waals surface area (Å²) in [5.41, 5.74) is 0.644. The summed E-state index contributed by atoms with van der Waals surface area (Å²) >= 11 is 6.18. The number of ether oxygens (including phenoxy) is 1. The van der Waals surface area contributed by atoms with Gasteiger partial charge in [0, 0.05) is 16.0 Å². The average molecular weight is 347 g/mol. The molecule has 0 atom stereocenters. The zero-order chi connectivity index (χ0) is 17.2. The lowest BCUT2D eigenvalue weighted by molar-refractivity contribution is 0.0922. The SMILES string of the molecule is O=C(COc1cc2ccccc2c2ccc(Cl)cc12)c1ccccc1. The molecule has 0 spiro atoms. The summed E-state index contributed by atoms with van der Waals surface area (Å²) in [4.78, 5) is 12.3. The van der Waals surface area contributed by atoms with E-state index in [0.29, 0.717) is 16.3 Å². The Labute approximate surface area is 150 Å². The van der Waals surface area contributed by atoms with Gasteiger partial charge in [-0.1, -0.05) is 72.3 Å². The number of carbonyl (C=O) groups excluding carboxylic acids is 1. The molecule has 0 fully saturated rings. The van der Waals surface area contributed by atoms with E-state index < -0.39 is 0 Å². The van der Waals surface area contributed by atoms with Crippen LogP contribution in [0.25, 0.3) is 21.5 Å². The lowest BCUT2D eigenvalue weighted by atomic mass is 10.0. The fraction of sp³-hybridized carbons (Fsp3) is 0.0455. The summed E-state index contributed by atoms with van der Waals surface area (Å²) in [6.45, 7) is -0.00995. The summed E-state index contributed by atoms with van der Waals surface area (Å²) < 4.78 is 5.89. The molecule has 4 aromatic rings. The van der Waals surface area contributed by atoms with E-state index in [-0.39, 0.29) is 12.4 Å². The number of Topliss-reactive ketones (excluding diaryl/α,β-unsaturated/α-hetero) is 1. The Morgan fingerprint density at radius 2 is 1.56 bits per heavy atom. The van der Waals surface area contributed by atoms with Crippen molar-refractivity contribution in [3.63, 3.8) is 0 Å². The zero-order valence-electron chi connectivity index (χ0n) is 13.4. The van der Waals surface area contributed by atoms with E-state index in [2.05, 4.69) is 6.07 Å². The van der Waals surface area contributed by atoms with Crippen LogP contribution in [-0.4, -0.2) is 12.4 Å². The van der Waals surface area contributed by atoms with Crippen molar-refractivity contribution in [2.75, 3.05) is 6.61 Å². The lowest BCUT2D eigenvalue weighted by Crippen LogP contribution is -2.11. The Kier molecular flexibility index (Phi) is 4.12. The van der Waals surface area contributed by atoms with Crippen LogP contribution in [0.1, 0.15) is 10.4 Å². The van der Waals surface area contributed by atoms with E-state index in [1.807, 2.05) is 60.7 Å². The van der Waals surface area contributed by atoms with Gasteiger partial charge in [0.1, 0.15) is 5.75 Å². The number of rotatable bonds is 4. The number of benzene rings is 4. The minimum absolute atomic E-state index is 0.00995. The van der Waals surface area contributed by atoms with Crippen LogP contribution in [0.3, 0.4) is 0 Å². The number of ketones is 1. The molecule has 0 aliphatic rings. The van der Waals surface area contributed by atoms with Gasteiger partial charge < -0.3 is 4.74 Å². The van der Waals surface area contributed by atoms with Gasteiger partial charge in [0.25, 0.3) is 0 Å². The molecule has 4 aromatic carbocycles. The monoisotopic (exact) mass is 346 g/mol. The van der Waals surface area contributed by atoms with Gasteiger partial charge in [0.2, 0.25) is 0 Å². The number of carbonyl (C=O) groups is 1. The highest BCUT2D eigenvalue weighted by Crippen LogP contribution is 2.35. The van der Waals surface area contributed by atoms with Crippen LogP contribution in [0, 0.1) is 0 Å². The smallest absolute Gasteiger partial charge is 0.200 e. The Morgan fingerprint density at radius 3 is 2.40 bits per heavy atom. The maximum absolute atomic E-state index is 12.3. The Bertz CT molecular complexity index is 1070. The zero-order valence-corrected chi connectivity index (χ0v) is 14.2. The van der Waals surface area contributed by atoms with Gasteiger partial charge in [-0.2, -0.15) is 0 Å². The molecule has 0 saturated heterocycles. The van der Waals surface area contributed by atoms with Crippen LogP contribution in [0.4, 0.5) is 0 Å². The number of fused-ring (bicyclic) bond motifs is 3. The van der Waals surface area contributed by atoms with Crippen molar-refractivity contribution in [3.05, 3.63) is 89.4 Å². The highest BCUT2D eigenvalue weighted by Gasteiger charge is 2.11. The number of halogens is 1. The average Bonchev–Trinajstić information content (AvgIpc) is 2.66. The Balaban J connectivity index is 1.75. The van der Waals surface area contributed by atoms with E-state index >= 15 is 0 Å².